The molecular formula is C15H13N3OS. The van der Waals surface area contributed by atoms with Crippen molar-refractivity contribution in [3.8, 4) is 0 Å². The van der Waals surface area contributed by atoms with Gasteiger partial charge in [0.05, 0.1) is 10.8 Å². The number of benzene rings is 1. The summed E-state index contributed by atoms with van der Waals surface area (Å²) in [4.78, 5) is 19.2. The van der Waals surface area contributed by atoms with Crippen molar-refractivity contribution in [3.05, 3.63) is 54.9 Å². The van der Waals surface area contributed by atoms with Gasteiger partial charge in [-0.2, -0.15) is 0 Å². The Bertz CT molecular complexity index is 724. The first-order valence-electron chi connectivity index (χ1n) is 6.22. The Morgan fingerprint density at radius 3 is 3.05 bits per heavy atom. The molecule has 0 spiro atoms. The summed E-state index contributed by atoms with van der Waals surface area (Å²) in [6, 6.07) is 13.5. The van der Waals surface area contributed by atoms with E-state index in [-0.39, 0.29) is 5.91 Å². The summed E-state index contributed by atoms with van der Waals surface area (Å²) in [6.45, 7) is 0. The summed E-state index contributed by atoms with van der Waals surface area (Å²) in [5.41, 5.74) is 1.81. The number of rotatable bonds is 4. The Balaban J connectivity index is 1.61. The number of nitrogens with one attached hydrogen (secondary N) is 2. The third kappa shape index (κ3) is 3.00. The van der Waals surface area contributed by atoms with Crippen LogP contribution in [0, 0.1) is 0 Å². The zero-order valence-corrected chi connectivity index (χ0v) is 11.5. The number of nitrogens with zero attached hydrogens (tertiary/aromatic N) is 1. The number of thioether (sulfide) groups is 1. The number of amides is 1. The molecule has 1 aromatic carbocycles. The molecule has 3 rings (SSSR count). The molecule has 2 heterocycles. The van der Waals surface area contributed by atoms with Crippen molar-refractivity contribution < 1.29 is 4.79 Å². The van der Waals surface area contributed by atoms with Crippen LogP contribution in [0.5, 0.6) is 0 Å². The smallest absolute Gasteiger partial charge is 0.234 e. The molecule has 3 aromatic rings. The van der Waals surface area contributed by atoms with E-state index in [2.05, 4.69) is 15.3 Å². The summed E-state index contributed by atoms with van der Waals surface area (Å²) >= 11 is 1.42. The van der Waals surface area contributed by atoms with Gasteiger partial charge < -0.3 is 10.3 Å². The monoisotopic (exact) mass is 283 g/mol. The maximum Gasteiger partial charge on any atom is 0.234 e. The lowest BCUT2D eigenvalue weighted by Gasteiger charge is -2.05. The van der Waals surface area contributed by atoms with E-state index in [1.54, 1.807) is 6.20 Å². The van der Waals surface area contributed by atoms with Gasteiger partial charge >= 0.3 is 0 Å². The quantitative estimate of drug-likeness (QED) is 0.722. The van der Waals surface area contributed by atoms with Crippen molar-refractivity contribution >= 4 is 34.3 Å². The summed E-state index contributed by atoms with van der Waals surface area (Å²) in [6.07, 6.45) is 3.60. The molecule has 100 valence electrons. The molecular weight excluding hydrogens is 270 g/mol. The molecule has 0 atom stereocenters. The van der Waals surface area contributed by atoms with Gasteiger partial charge in [-0.15, -0.1) is 0 Å². The van der Waals surface area contributed by atoms with E-state index >= 15 is 0 Å². The number of carbonyl (C=O) groups excluding carboxylic acids is 1. The van der Waals surface area contributed by atoms with Crippen molar-refractivity contribution in [3.63, 3.8) is 0 Å². The van der Waals surface area contributed by atoms with Crippen LogP contribution in [0.4, 0.5) is 5.69 Å². The number of hydrogen-bond donors (Lipinski definition) is 2. The summed E-state index contributed by atoms with van der Waals surface area (Å²) < 4.78 is 0. The molecule has 2 N–H and O–H groups in total. The van der Waals surface area contributed by atoms with E-state index in [0.29, 0.717) is 5.75 Å². The zero-order valence-electron chi connectivity index (χ0n) is 10.7. The molecule has 0 fully saturated rings. The highest BCUT2D eigenvalue weighted by Crippen LogP contribution is 2.19. The van der Waals surface area contributed by atoms with Crippen LogP contribution in [-0.4, -0.2) is 21.6 Å². The fraction of sp³-hybridized carbons (Fsp3) is 0.0667. The van der Waals surface area contributed by atoms with Gasteiger partial charge in [-0.3, -0.25) is 4.79 Å². The second kappa shape index (κ2) is 5.79. The molecule has 4 nitrogen and oxygen atoms in total. The number of carbonyl (C=O) groups is 1. The largest absolute Gasteiger partial charge is 0.361 e. The van der Waals surface area contributed by atoms with Gasteiger partial charge in [0.1, 0.15) is 0 Å². The molecule has 0 saturated carbocycles. The number of aromatic nitrogens is 2. The Morgan fingerprint density at radius 1 is 1.25 bits per heavy atom. The normalized spacial score (nSPS) is 10.6. The SMILES string of the molecule is O=C(CSc1ccccn1)Nc1ccc2cc[nH]c2c1. The number of anilines is 1. The van der Waals surface area contributed by atoms with E-state index in [1.165, 1.54) is 11.8 Å². The van der Waals surface area contributed by atoms with E-state index in [9.17, 15) is 4.79 Å². The van der Waals surface area contributed by atoms with Crippen molar-refractivity contribution in [2.45, 2.75) is 5.03 Å². The van der Waals surface area contributed by atoms with Crippen molar-refractivity contribution in [1.29, 1.82) is 0 Å². The fourth-order valence-electron chi connectivity index (χ4n) is 1.89. The minimum atomic E-state index is -0.0356. The van der Waals surface area contributed by atoms with Crippen molar-refractivity contribution in [2.75, 3.05) is 11.1 Å². The maximum atomic E-state index is 11.9. The summed E-state index contributed by atoms with van der Waals surface area (Å²) in [5.74, 6) is 0.311. The van der Waals surface area contributed by atoms with Crippen LogP contribution in [-0.2, 0) is 4.79 Å². The van der Waals surface area contributed by atoms with Gasteiger partial charge in [0, 0.05) is 23.6 Å². The van der Waals surface area contributed by atoms with Crippen molar-refractivity contribution in [1.82, 2.24) is 9.97 Å². The predicted octanol–water partition coefficient (Wildman–Crippen LogP) is 3.29. The van der Waals surface area contributed by atoms with E-state index < -0.39 is 0 Å². The van der Waals surface area contributed by atoms with E-state index in [0.717, 1.165) is 21.6 Å². The minimum absolute atomic E-state index is 0.0356. The molecule has 0 aliphatic rings. The molecule has 2 aromatic heterocycles. The van der Waals surface area contributed by atoms with Gasteiger partial charge in [0.25, 0.3) is 0 Å². The molecule has 0 bridgehead atoms. The van der Waals surface area contributed by atoms with Gasteiger partial charge in [-0.05, 0) is 35.7 Å². The summed E-state index contributed by atoms with van der Waals surface area (Å²) in [7, 11) is 0. The second-order valence-corrected chi connectivity index (χ2v) is 5.28. The van der Waals surface area contributed by atoms with Crippen LogP contribution in [0.1, 0.15) is 0 Å². The van der Waals surface area contributed by atoms with Gasteiger partial charge in [-0.25, -0.2) is 4.98 Å². The first-order chi connectivity index (χ1) is 9.81. The Labute approximate surface area is 120 Å². The summed E-state index contributed by atoms with van der Waals surface area (Å²) in [5, 5.41) is 4.87. The number of aromatic amines is 1. The molecule has 5 heteroatoms. The van der Waals surface area contributed by atoms with Crippen LogP contribution >= 0.6 is 11.8 Å². The first-order valence-corrected chi connectivity index (χ1v) is 7.21. The topological polar surface area (TPSA) is 57.8 Å². The maximum absolute atomic E-state index is 11.9. The molecule has 0 unspecified atom stereocenters. The molecule has 20 heavy (non-hydrogen) atoms. The van der Waals surface area contributed by atoms with Crippen LogP contribution in [0.3, 0.4) is 0 Å². The Hall–Kier alpha value is -2.27. The minimum Gasteiger partial charge on any atom is -0.361 e. The van der Waals surface area contributed by atoms with Crippen LogP contribution in [0.15, 0.2) is 59.9 Å². The standard InChI is InChI=1S/C15H13N3OS/c19-14(10-20-15-3-1-2-7-17-15)18-12-5-4-11-6-8-16-13(11)9-12/h1-9,16H,10H2,(H,18,19). The molecule has 0 saturated heterocycles. The van der Waals surface area contributed by atoms with Crippen LogP contribution in [0.25, 0.3) is 10.9 Å². The third-order valence-corrected chi connectivity index (χ3v) is 3.77. The van der Waals surface area contributed by atoms with Crippen molar-refractivity contribution in [2.24, 2.45) is 0 Å². The highest BCUT2D eigenvalue weighted by Gasteiger charge is 2.05. The lowest BCUT2D eigenvalue weighted by molar-refractivity contribution is -0.113. The predicted molar refractivity (Wildman–Crippen MR) is 81.9 cm³/mol. The van der Waals surface area contributed by atoms with Gasteiger partial charge in [-0.1, -0.05) is 23.9 Å². The van der Waals surface area contributed by atoms with Gasteiger partial charge in [0.2, 0.25) is 5.91 Å². The third-order valence-electron chi connectivity index (χ3n) is 2.83. The van der Waals surface area contributed by atoms with E-state index in [1.807, 2.05) is 48.7 Å². The molecule has 0 aliphatic carbocycles. The Kier molecular flexibility index (Phi) is 3.69. The zero-order chi connectivity index (χ0) is 13.8. The Morgan fingerprint density at radius 2 is 2.20 bits per heavy atom. The highest BCUT2D eigenvalue weighted by molar-refractivity contribution is 7.99. The lowest BCUT2D eigenvalue weighted by Crippen LogP contribution is -2.13. The molecule has 0 radical (unpaired) electrons. The molecule has 1 amide bonds. The van der Waals surface area contributed by atoms with Crippen LogP contribution in [0.2, 0.25) is 0 Å². The van der Waals surface area contributed by atoms with E-state index in [4.69, 9.17) is 0 Å². The second-order valence-electron chi connectivity index (χ2n) is 4.28. The number of H-pyrrole nitrogens is 1. The first kappa shape index (κ1) is 12.7. The highest BCUT2D eigenvalue weighted by atomic mass is 32.2. The number of hydrogen-bond acceptors (Lipinski definition) is 3. The average molecular weight is 283 g/mol. The number of fused-ring (bicyclic) bond motifs is 1. The number of pyridine rings is 1. The fourth-order valence-corrected chi connectivity index (χ4v) is 2.56. The molecule has 0 aliphatic heterocycles. The lowest BCUT2D eigenvalue weighted by atomic mass is 10.2. The van der Waals surface area contributed by atoms with Gasteiger partial charge in [0.15, 0.2) is 0 Å². The average Bonchev–Trinajstić information content (AvgIpc) is 2.94. The van der Waals surface area contributed by atoms with Crippen LogP contribution < -0.4 is 5.32 Å².